The van der Waals surface area contributed by atoms with Crippen molar-refractivity contribution in [1.82, 2.24) is 0 Å². The van der Waals surface area contributed by atoms with Gasteiger partial charge in [-0.2, -0.15) is 0 Å². The van der Waals surface area contributed by atoms with Crippen LogP contribution >= 0.6 is 31.9 Å². The lowest BCUT2D eigenvalue weighted by atomic mass is 10.2. The molecule has 0 fully saturated rings. The first-order chi connectivity index (χ1) is 4.31. The monoisotopic (exact) mass is 256 g/mol. The molecule has 1 atom stereocenters. The summed E-state index contributed by atoms with van der Waals surface area (Å²) in [6, 6.07) is 0. The van der Waals surface area contributed by atoms with Crippen LogP contribution in [0, 0.1) is 0 Å². The van der Waals surface area contributed by atoms with E-state index in [0.717, 1.165) is 5.33 Å². The molecule has 0 aliphatic heterocycles. The fourth-order valence-corrected chi connectivity index (χ4v) is 1.34. The molecule has 0 saturated carbocycles. The van der Waals surface area contributed by atoms with Gasteiger partial charge < -0.3 is 0 Å². The average Bonchev–Trinajstić information content (AvgIpc) is 1.89. The predicted octanol–water partition coefficient (Wildman–Crippen LogP) is 3.73. The minimum absolute atomic E-state index is 0.684. The van der Waals surface area contributed by atoms with E-state index >= 15 is 0 Å². The van der Waals surface area contributed by atoms with E-state index in [1.807, 2.05) is 0 Å². The zero-order chi connectivity index (χ0) is 7.11. The fourth-order valence-electron chi connectivity index (χ4n) is 0.693. The summed E-state index contributed by atoms with van der Waals surface area (Å²) in [5.41, 5.74) is 0. The Balaban J connectivity index is 2.88. The Morgan fingerprint density at radius 1 is 1.33 bits per heavy atom. The zero-order valence-electron chi connectivity index (χ0n) is 5.87. The maximum absolute atomic E-state index is 3.56. The molecular formula is C7H14Br2. The topological polar surface area (TPSA) is 0 Å². The van der Waals surface area contributed by atoms with Crippen molar-refractivity contribution < 1.29 is 0 Å². The highest BCUT2D eigenvalue weighted by Crippen LogP contribution is 2.12. The van der Waals surface area contributed by atoms with Crippen LogP contribution in [-0.4, -0.2) is 10.2 Å². The fraction of sp³-hybridized carbons (Fsp3) is 1.00. The molecule has 0 radical (unpaired) electrons. The normalized spacial score (nSPS) is 13.7. The second-order valence-electron chi connectivity index (χ2n) is 2.25. The molecule has 9 heavy (non-hydrogen) atoms. The van der Waals surface area contributed by atoms with Gasteiger partial charge in [-0.1, -0.05) is 58.0 Å². The van der Waals surface area contributed by atoms with Crippen LogP contribution < -0.4 is 0 Å². The van der Waals surface area contributed by atoms with Gasteiger partial charge >= 0.3 is 0 Å². The molecule has 0 heterocycles. The molecule has 0 rings (SSSR count). The molecule has 0 aliphatic rings. The average molecular weight is 258 g/mol. The Labute approximate surface area is 74.7 Å². The summed E-state index contributed by atoms with van der Waals surface area (Å²) in [7, 11) is 0. The van der Waals surface area contributed by atoms with Crippen LogP contribution in [0.5, 0.6) is 0 Å². The number of rotatable bonds is 5. The molecule has 56 valence electrons. The third-order valence-corrected chi connectivity index (χ3v) is 3.72. The van der Waals surface area contributed by atoms with Gasteiger partial charge in [0.05, 0.1) is 0 Å². The Bertz CT molecular complexity index is 54.9. The van der Waals surface area contributed by atoms with E-state index in [-0.39, 0.29) is 0 Å². The molecule has 0 amide bonds. The third kappa shape index (κ3) is 6.85. The van der Waals surface area contributed by atoms with E-state index in [1.54, 1.807) is 0 Å². The molecular weight excluding hydrogens is 244 g/mol. The Morgan fingerprint density at radius 2 is 2.00 bits per heavy atom. The van der Waals surface area contributed by atoms with Gasteiger partial charge in [0.25, 0.3) is 0 Å². The summed E-state index contributed by atoms with van der Waals surface area (Å²) in [4.78, 5) is 0.684. The van der Waals surface area contributed by atoms with E-state index in [4.69, 9.17) is 0 Å². The molecule has 0 bridgehead atoms. The number of alkyl halides is 2. The van der Waals surface area contributed by atoms with Crippen molar-refractivity contribution in [2.75, 3.05) is 5.33 Å². The van der Waals surface area contributed by atoms with Gasteiger partial charge in [-0.25, -0.2) is 0 Å². The van der Waals surface area contributed by atoms with Crippen LogP contribution in [0.3, 0.4) is 0 Å². The largest absolute Gasteiger partial charge is 0.0916 e. The molecule has 0 aromatic carbocycles. The first kappa shape index (κ1) is 9.96. The molecule has 0 N–H and O–H groups in total. The van der Waals surface area contributed by atoms with Crippen LogP contribution in [0.15, 0.2) is 0 Å². The van der Waals surface area contributed by atoms with Gasteiger partial charge in [-0.05, 0) is 6.42 Å². The second kappa shape index (κ2) is 7.07. The lowest BCUT2D eigenvalue weighted by Gasteiger charge is -2.02. The Kier molecular flexibility index (Phi) is 7.83. The van der Waals surface area contributed by atoms with Gasteiger partial charge in [-0.15, -0.1) is 0 Å². The van der Waals surface area contributed by atoms with E-state index in [2.05, 4.69) is 38.8 Å². The van der Waals surface area contributed by atoms with E-state index < -0.39 is 0 Å². The lowest BCUT2D eigenvalue weighted by molar-refractivity contribution is 0.672. The van der Waals surface area contributed by atoms with Crippen LogP contribution in [0.1, 0.15) is 32.6 Å². The summed E-state index contributed by atoms with van der Waals surface area (Å²) in [5, 5.41) is 1.08. The predicted molar refractivity (Wildman–Crippen MR) is 50.7 cm³/mol. The van der Waals surface area contributed by atoms with Crippen molar-refractivity contribution >= 4 is 31.9 Å². The van der Waals surface area contributed by atoms with E-state index in [9.17, 15) is 0 Å². The highest BCUT2D eigenvalue weighted by Gasteiger charge is 1.98. The molecule has 2 heteroatoms. The number of halogens is 2. The van der Waals surface area contributed by atoms with Gasteiger partial charge in [0.15, 0.2) is 0 Å². The van der Waals surface area contributed by atoms with Crippen molar-refractivity contribution in [1.29, 1.82) is 0 Å². The molecule has 0 saturated heterocycles. The molecule has 0 nitrogen and oxygen atoms in total. The first-order valence-electron chi connectivity index (χ1n) is 3.51. The summed E-state index contributed by atoms with van der Waals surface area (Å²) < 4.78 is 0. The maximum Gasteiger partial charge on any atom is 0.0242 e. The van der Waals surface area contributed by atoms with Crippen molar-refractivity contribution in [2.45, 2.75) is 37.4 Å². The number of hydrogen-bond acceptors (Lipinski definition) is 0. The van der Waals surface area contributed by atoms with Gasteiger partial charge in [0.2, 0.25) is 0 Å². The summed E-state index contributed by atoms with van der Waals surface area (Å²) in [6.07, 6.45) is 5.36. The quantitative estimate of drug-likeness (QED) is 0.520. The molecule has 0 aliphatic carbocycles. The van der Waals surface area contributed by atoms with Gasteiger partial charge in [0.1, 0.15) is 0 Å². The summed E-state index contributed by atoms with van der Waals surface area (Å²) >= 11 is 6.98. The standard InChI is InChI=1S/C7H14Br2/c1-2-3-4-5-7(9)6-8/h7H,2-6H2,1H3/t7-/m1/s1. The molecule has 0 unspecified atom stereocenters. The minimum Gasteiger partial charge on any atom is -0.0916 e. The summed E-state index contributed by atoms with van der Waals surface area (Å²) in [6.45, 7) is 2.23. The van der Waals surface area contributed by atoms with Crippen LogP contribution in [0.4, 0.5) is 0 Å². The zero-order valence-corrected chi connectivity index (χ0v) is 9.04. The first-order valence-corrected chi connectivity index (χ1v) is 5.55. The highest BCUT2D eigenvalue weighted by atomic mass is 79.9. The second-order valence-corrected chi connectivity index (χ2v) is 4.19. The van der Waals surface area contributed by atoms with Crippen LogP contribution in [0.2, 0.25) is 0 Å². The minimum atomic E-state index is 0.684. The third-order valence-electron chi connectivity index (χ3n) is 1.29. The van der Waals surface area contributed by atoms with Crippen molar-refractivity contribution in [3.63, 3.8) is 0 Å². The Morgan fingerprint density at radius 3 is 2.44 bits per heavy atom. The maximum atomic E-state index is 3.56. The molecule has 0 aromatic rings. The number of hydrogen-bond donors (Lipinski definition) is 0. The van der Waals surface area contributed by atoms with Crippen LogP contribution in [0.25, 0.3) is 0 Å². The van der Waals surface area contributed by atoms with Gasteiger partial charge in [0, 0.05) is 10.2 Å². The van der Waals surface area contributed by atoms with Crippen molar-refractivity contribution in [2.24, 2.45) is 0 Å². The van der Waals surface area contributed by atoms with E-state index in [1.165, 1.54) is 25.7 Å². The van der Waals surface area contributed by atoms with Gasteiger partial charge in [-0.3, -0.25) is 0 Å². The highest BCUT2D eigenvalue weighted by molar-refractivity contribution is 9.12. The van der Waals surface area contributed by atoms with E-state index in [0.29, 0.717) is 4.83 Å². The van der Waals surface area contributed by atoms with Crippen LogP contribution in [-0.2, 0) is 0 Å². The Hall–Kier alpha value is 0.960. The number of unbranched alkanes of at least 4 members (excludes halogenated alkanes) is 2. The SMILES string of the molecule is CCCCC[C@@H](Br)CBr. The summed E-state index contributed by atoms with van der Waals surface area (Å²) in [5.74, 6) is 0. The lowest BCUT2D eigenvalue weighted by Crippen LogP contribution is -1.97. The molecule has 0 spiro atoms. The van der Waals surface area contributed by atoms with Crippen molar-refractivity contribution in [3.8, 4) is 0 Å². The van der Waals surface area contributed by atoms with Crippen molar-refractivity contribution in [3.05, 3.63) is 0 Å². The molecule has 0 aromatic heterocycles. The smallest absolute Gasteiger partial charge is 0.0242 e.